The lowest BCUT2D eigenvalue weighted by Crippen LogP contribution is -2.23. The van der Waals surface area contributed by atoms with Crippen LogP contribution in [0.3, 0.4) is 0 Å². The van der Waals surface area contributed by atoms with E-state index in [1.54, 1.807) is 6.20 Å². The lowest BCUT2D eigenvalue weighted by Gasteiger charge is -2.04. The van der Waals surface area contributed by atoms with Crippen LogP contribution in [-0.2, 0) is 13.0 Å². The molecule has 1 amide bonds. The van der Waals surface area contributed by atoms with Crippen LogP contribution in [0.5, 0.6) is 0 Å². The van der Waals surface area contributed by atoms with Crippen LogP contribution in [0, 0.1) is 10.1 Å². The fraction of sp³-hybridized carbons (Fsp3) is 0.231. The van der Waals surface area contributed by atoms with Gasteiger partial charge in [-0.1, -0.05) is 6.92 Å². The molecule has 1 aromatic carbocycles. The van der Waals surface area contributed by atoms with E-state index < -0.39 is 10.8 Å². The zero-order chi connectivity index (χ0) is 15.4. The number of nitrogens with two attached hydrogens (primary N) is 1. The SMILES string of the molecule is CCc1cnc(CNC(=O)c2ccc(N)c([N+](=O)[O-])c2)o1. The van der Waals surface area contributed by atoms with E-state index in [1.807, 2.05) is 6.92 Å². The number of anilines is 1. The van der Waals surface area contributed by atoms with E-state index in [2.05, 4.69) is 10.3 Å². The van der Waals surface area contributed by atoms with E-state index in [1.165, 1.54) is 12.1 Å². The largest absolute Gasteiger partial charge is 0.444 e. The van der Waals surface area contributed by atoms with Gasteiger partial charge >= 0.3 is 0 Å². The van der Waals surface area contributed by atoms with E-state index in [0.717, 1.165) is 11.8 Å². The summed E-state index contributed by atoms with van der Waals surface area (Å²) in [4.78, 5) is 26.1. The average Bonchev–Trinajstić information content (AvgIpc) is 2.93. The molecule has 8 heteroatoms. The summed E-state index contributed by atoms with van der Waals surface area (Å²) in [5.41, 5.74) is 5.34. The zero-order valence-electron chi connectivity index (χ0n) is 11.3. The number of nitro benzene ring substituents is 1. The van der Waals surface area contributed by atoms with E-state index in [9.17, 15) is 14.9 Å². The van der Waals surface area contributed by atoms with Gasteiger partial charge in [0.25, 0.3) is 11.6 Å². The molecule has 0 unspecified atom stereocenters. The van der Waals surface area contributed by atoms with Crippen molar-refractivity contribution >= 4 is 17.3 Å². The third-order valence-electron chi connectivity index (χ3n) is 2.84. The monoisotopic (exact) mass is 290 g/mol. The molecule has 2 aromatic rings. The van der Waals surface area contributed by atoms with E-state index in [0.29, 0.717) is 12.3 Å². The molecule has 1 aromatic heterocycles. The summed E-state index contributed by atoms with van der Waals surface area (Å²) in [6.45, 7) is 2.04. The minimum Gasteiger partial charge on any atom is -0.444 e. The zero-order valence-corrected chi connectivity index (χ0v) is 11.3. The molecule has 0 aliphatic carbocycles. The molecular weight excluding hydrogens is 276 g/mol. The first-order valence-corrected chi connectivity index (χ1v) is 6.27. The number of hydrogen-bond donors (Lipinski definition) is 2. The van der Waals surface area contributed by atoms with Crippen molar-refractivity contribution < 1.29 is 14.1 Å². The predicted octanol–water partition coefficient (Wildman–Crippen LogP) is 1.66. The summed E-state index contributed by atoms with van der Waals surface area (Å²) in [6, 6.07) is 3.88. The van der Waals surface area contributed by atoms with Gasteiger partial charge in [-0.3, -0.25) is 14.9 Å². The lowest BCUT2D eigenvalue weighted by molar-refractivity contribution is -0.383. The van der Waals surface area contributed by atoms with Gasteiger partial charge in [0.15, 0.2) is 0 Å². The van der Waals surface area contributed by atoms with Crippen LogP contribution in [0.15, 0.2) is 28.8 Å². The summed E-state index contributed by atoms with van der Waals surface area (Å²) in [5, 5.41) is 13.4. The van der Waals surface area contributed by atoms with E-state index in [4.69, 9.17) is 10.2 Å². The molecule has 8 nitrogen and oxygen atoms in total. The Kier molecular flexibility index (Phi) is 4.17. The second-order valence-electron chi connectivity index (χ2n) is 4.29. The number of benzene rings is 1. The Morgan fingerprint density at radius 3 is 2.90 bits per heavy atom. The highest BCUT2D eigenvalue weighted by Gasteiger charge is 2.16. The number of carbonyl (C=O) groups is 1. The number of oxazole rings is 1. The first-order valence-electron chi connectivity index (χ1n) is 6.27. The van der Waals surface area contributed by atoms with Crippen molar-refractivity contribution in [1.29, 1.82) is 0 Å². The molecule has 0 spiro atoms. The van der Waals surface area contributed by atoms with Crippen molar-refractivity contribution in [3.05, 3.63) is 51.7 Å². The summed E-state index contributed by atoms with van der Waals surface area (Å²) in [6.07, 6.45) is 2.31. The number of carbonyl (C=O) groups excluding carboxylic acids is 1. The first-order chi connectivity index (χ1) is 10.0. The van der Waals surface area contributed by atoms with Gasteiger partial charge in [-0.25, -0.2) is 4.98 Å². The number of nitrogen functional groups attached to an aromatic ring is 1. The van der Waals surface area contributed by atoms with Gasteiger partial charge in [0.1, 0.15) is 11.4 Å². The van der Waals surface area contributed by atoms with Gasteiger partial charge in [-0.15, -0.1) is 0 Å². The Hall–Kier alpha value is -2.90. The molecule has 0 atom stereocenters. The first kappa shape index (κ1) is 14.5. The Bertz CT molecular complexity index is 681. The number of amides is 1. The van der Waals surface area contributed by atoms with Crippen molar-refractivity contribution in [2.75, 3.05) is 5.73 Å². The fourth-order valence-electron chi connectivity index (χ4n) is 1.69. The highest BCUT2D eigenvalue weighted by Crippen LogP contribution is 2.22. The van der Waals surface area contributed by atoms with Crippen molar-refractivity contribution in [1.82, 2.24) is 10.3 Å². The maximum Gasteiger partial charge on any atom is 0.292 e. The Balaban J connectivity index is 2.06. The number of nitrogens with one attached hydrogen (secondary N) is 1. The molecule has 0 radical (unpaired) electrons. The smallest absolute Gasteiger partial charge is 0.292 e. The number of nitrogens with zero attached hydrogens (tertiary/aromatic N) is 2. The number of aromatic nitrogens is 1. The molecule has 0 bridgehead atoms. The maximum absolute atomic E-state index is 11.9. The molecule has 0 fully saturated rings. The van der Waals surface area contributed by atoms with Crippen molar-refractivity contribution in [3.63, 3.8) is 0 Å². The Morgan fingerprint density at radius 1 is 1.52 bits per heavy atom. The molecular formula is C13H14N4O4. The van der Waals surface area contributed by atoms with E-state index >= 15 is 0 Å². The van der Waals surface area contributed by atoms with Gasteiger partial charge in [0.05, 0.1) is 17.7 Å². The van der Waals surface area contributed by atoms with Gasteiger partial charge in [-0.05, 0) is 12.1 Å². The summed E-state index contributed by atoms with van der Waals surface area (Å²) in [7, 11) is 0. The molecule has 2 rings (SSSR count). The normalized spacial score (nSPS) is 10.3. The van der Waals surface area contributed by atoms with Crippen molar-refractivity contribution in [3.8, 4) is 0 Å². The van der Waals surface area contributed by atoms with Crippen molar-refractivity contribution in [2.45, 2.75) is 19.9 Å². The molecule has 1 heterocycles. The Labute approximate surface area is 120 Å². The second-order valence-corrected chi connectivity index (χ2v) is 4.29. The number of aryl methyl sites for hydroxylation is 1. The van der Waals surface area contributed by atoms with Crippen LogP contribution in [0.25, 0.3) is 0 Å². The highest BCUT2D eigenvalue weighted by atomic mass is 16.6. The molecule has 0 aliphatic rings. The average molecular weight is 290 g/mol. The molecule has 110 valence electrons. The van der Waals surface area contributed by atoms with Gasteiger partial charge < -0.3 is 15.5 Å². The number of nitro groups is 1. The Morgan fingerprint density at radius 2 is 2.29 bits per heavy atom. The van der Waals surface area contributed by atoms with Gasteiger partial charge in [0.2, 0.25) is 5.89 Å². The van der Waals surface area contributed by atoms with Crippen LogP contribution in [-0.4, -0.2) is 15.8 Å². The number of hydrogen-bond acceptors (Lipinski definition) is 6. The second kappa shape index (κ2) is 6.04. The third-order valence-corrected chi connectivity index (χ3v) is 2.84. The highest BCUT2D eigenvalue weighted by molar-refractivity contribution is 5.95. The molecule has 0 saturated heterocycles. The molecule has 3 N–H and O–H groups in total. The van der Waals surface area contributed by atoms with Crippen LogP contribution in [0.2, 0.25) is 0 Å². The van der Waals surface area contributed by atoms with Crippen LogP contribution in [0.1, 0.15) is 28.9 Å². The van der Waals surface area contributed by atoms with Crippen LogP contribution >= 0.6 is 0 Å². The third kappa shape index (κ3) is 3.35. The summed E-state index contributed by atoms with van der Waals surface area (Å²) >= 11 is 0. The fourth-order valence-corrected chi connectivity index (χ4v) is 1.69. The minimum atomic E-state index is -0.631. The molecule has 0 saturated carbocycles. The van der Waals surface area contributed by atoms with E-state index in [-0.39, 0.29) is 23.5 Å². The molecule has 21 heavy (non-hydrogen) atoms. The quantitative estimate of drug-likeness (QED) is 0.490. The lowest BCUT2D eigenvalue weighted by atomic mass is 10.1. The topological polar surface area (TPSA) is 124 Å². The van der Waals surface area contributed by atoms with Crippen LogP contribution < -0.4 is 11.1 Å². The van der Waals surface area contributed by atoms with Gasteiger partial charge in [-0.2, -0.15) is 0 Å². The molecule has 0 aliphatic heterocycles. The summed E-state index contributed by atoms with van der Waals surface area (Å²) < 4.78 is 5.35. The van der Waals surface area contributed by atoms with Crippen LogP contribution in [0.4, 0.5) is 11.4 Å². The number of rotatable bonds is 5. The predicted molar refractivity (Wildman–Crippen MR) is 74.6 cm³/mol. The van der Waals surface area contributed by atoms with Gasteiger partial charge in [0, 0.05) is 18.1 Å². The maximum atomic E-state index is 11.9. The van der Waals surface area contributed by atoms with Crippen molar-refractivity contribution in [2.24, 2.45) is 0 Å². The summed E-state index contributed by atoms with van der Waals surface area (Å²) in [5.74, 6) is 0.641. The minimum absolute atomic E-state index is 0.0110. The standard InChI is InChI=1S/C13H14N4O4/c1-2-9-6-15-12(21-9)7-16-13(18)8-3-4-10(14)11(5-8)17(19)20/h3-6H,2,7,14H2,1H3,(H,16,18).